The van der Waals surface area contributed by atoms with Gasteiger partial charge in [-0.05, 0) is 35.4 Å². The Bertz CT molecular complexity index is 1210. The first-order valence-corrected chi connectivity index (χ1v) is 10.5. The molecule has 0 fully saturated rings. The minimum atomic E-state index is 0.310. The fourth-order valence-corrected chi connectivity index (χ4v) is 3.84. The quantitative estimate of drug-likeness (QED) is 0.324. The van der Waals surface area contributed by atoms with Gasteiger partial charge < -0.3 is 5.73 Å². The van der Waals surface area contributed by atoms with Crippen molar-refractivity contribution < 1.29 is 0 Å². The van der Waals surface area contributed by atoms with Crippen molar-refractivity contribution in [3.8, 4) is 39.6 Å². The molecule has 0 saturated carbocycles. The maximum absolute atomic E-state index is 9.84. The first kappa shape index (κ1) is 19.4. The summed E-state index contributed by atoms with van der Waals surface area (Å²) in [5, 5.41) is 9.84. The average Bonchev–Trinajstić information content (AvgIpc) is 2.75. The van der Waals surface area contributed by atoms with E-state index in [0.717, 1.165) is 31.2 Å². The number of rotatable bonds is 3. The van der Waals surface area contributed by atoms with Crippen LogP contribution in [0.25, 0.3) is 33.5 Å². The fourth-order valence-electron chi connectivity index (χ4n) is 3.31. The third-order valence-electron chi connectivity index (χ3n) is 4.65. The molecule has 0 spiro atoms. The molecule has 0 atom stereocenters. The Hall–Kier alpha value is -2.94. The highest BCUT2D eigenvalue weighted by molar-refractivity contribution is 9.10. The number of pyridine rings is 1. The molecule has 2 N–H and O–H groups in total. The van der Waals surface area contributed by atoms with Gasteiger partial charge in [0.1, 0.15) is 6.07 Å². The number of hydrogen-bond acceptors (Lipinski definition) is 3. The van der Waals surface area contributed by atoms with Crippen molar-refractivity contribution in [1.29, 1.82) is 5.26 Å². The zero-order valence-electron chi connectivity index (χ0n) is 15.2. The number of nitrogens with two attached hydrogens (primary N) is 1. The van der Waals surface area contributed by atoms with Crippen molar-refractivity contribution in [2.75, 3.05) is 5.73 Å². The lowest BCUT2D eigenvalue weighted by Gasteiger charge is -2.18. The Balaban J connectivity index is 2.07. The predicted molar refractivity (Wildman–Crippen MR) is 125 cm³/mol. The van der Waals surface area contributed by atoms with Crippen molar-refractivity contribution in [2.24, 2.45) is 0 Å². The molecular weight excluding hydrogens is 490 g/mol. The van der Waals surface area contributed by atoms with E-state index in [9.17, 15) is 5.26 Å². The summed E-state index contributed by atoms with van der Waals surface area (Å²) in [5.41, 5.74) is 12.5. The summed E-state index contributed by atoms with van der Waals surface area (Å²) in [6.07, 6.45) is 0. The van der Waals surface area contributed by atoms with Crippen LogP contribution in [-0.2, 0) is 0 Å². The van der Waals surface area contributed by atoms with Crippen LogP contribution in [0, 0.1) is 11.3 Å². The SMILES string of the molecule is N#Cc1nc(-c2ccccc2)c(-c2ccc(Br)cc2)c(N)c1-c1ccc(Br)cc1. The molecule has 3 nitrogen and oxygen atoms in total. The molecule has 0 saturated heterocycles. The highest BCUT2D eigenvalue weighted by atomic mass is 79.9. The van der Waals surface area contributed by atoms with E-state index in [1.807, 2.05) is 78.9 Å². The minimum absolute atomic E-state index is 0.310. The van der Waals surface area contributed by atoms with Crippen LogP contribution in [0.5, 0.6) is 0 Å². The van der Waals surface area contributed by atoms with Crippen LogP contribution in [0.2, 0.25) is 0 Å². The Morgan fingerprint density at radius 3 is 1.72 bits per heavy atom. The summed E-state index contributed by atoms with van der Waals surface area (Å²) < 4.78 is 1.94. The second-order valence-electron chi connectivity index (χ2n) is 6.46. The van der Waals surface area contributed by atoms with Gasteiger partial charge in [0.05, 0.1) is 11.4 Å². The summed E-state index contributed by atoms with van der Waals surface area (Å²) in [6, 6.07) is 27.7. The van der Waals surface area contributed by atoms with Crippen molar-refractivity contribution in [1.82, 2.24) is 4.98 Å². The molecule has 0 aliphatic rings. The van der Waals surface area contributed by atoms with Gasteiger partial charge in [0, 0.05) is 25.6 Å². The molecule has 0 amide bonds. The van der Waals surface area contributed by atoms with Gasteiger partial charge in [-0.25, -0.2) is 4.98 Å². The molecule has 0 radical (unpaired) electrons. The molecule has 0 unspecified atom stereocenters. The summed E-state index contributed by atoms with van der Waals surface area (Å²) >= 11 is 6.94. The smallest absolute Gasteiger partial charge is 0.151 e. The Morgan fingerprint density at radius 2 is 1.21 bits per heavy atom. The van der Waals surface area contributed by atoms with Crippen LogP contribution in [0.3, 0.4) is 0 Å². The lowest BCUT2D eigenvalue weighted by Crippen LogP contribution is -2.03. The molecule has 0 bridgehead atoms. The molecular formula is C24H15Br2N3. The second-order valence-corrected chi connectivity index (χ2v) is 8.30. The number of halogens is 2. The predicted octanol–water partition coefficient (Wildman–Crippen LogP) is 7.06. The van der Waals surface area contributed by atoms with E-state index in [1.54, 1.807) is 0 Å². The number of benzene rings is 3. The summed E-state index contributed by atoms with van der Waals surface area (Å²) in [7, 11) is 0. The van der Waals surface area contributed by atoms with Crippen LogP contribution in [-0.4, -0.2) is 4.98 Å². The largest absolute Gasteiger partial charge is 0.398 e. The van der Waals surface area contributed by atoms with Crippen LogP contribution in [0.1, 0.15) is 5.69 Å². The molecule has 0 aliphatic carbocycles. The average molecular weight is 505 g/mol. The topological polar surface area (TPSA) is 62.7 Å². The zero-order valence-corrected chi connectivity index (χ0v) is 18.4. The molecule has 4 aromatic rings. The molecule has 0 aliphatic heterocycles. The van der Waals surface area contributed by atoms with Crippen molar-refractivity contribution in [2.45, 2.75) is 0 Å². The van der Waals surface area contributed by atoms with Gasteiger partial charge in [-0.3, -0.25) is 0 Å². The highest BCUT2D eigenvalue weighted by Crippen LogP contribution is 2.42. The monoisotopic (exact) mass is 503 g/mol. The molecule has 4 rings (SSSR count). The number of hydrogen-bond donors (Lipinski definition) is 1. The third-order valence-corrected chi connectivity index (χ3v) is 5.71. The van der Waals surface area contributed by atoms with Crippen molar-refractivity contribution in [3.05, 3.63) is 93.5 Å². The minimum Gasteiger partial charge on any atom is -0.398 e. The van der Waals surface area contributed by atoms with Crippen LogP contribution in [0.4, 0.5) is 5.69 Å². The first-order chi connectivity index (χ1) is 14.1. The summed E-state index contributed by atoms with van der Waals surface area (Å²) in [6.45, 7) is 0. The number of nitriles is 1. The fraction of sp³-hybridized carbons (Fsp3) is 0. The van der Waals surface area contributed by atoms with Gasteiger partial charge in [-0.2, -0.15) is 5.26 Å². The lowest BCUT2D eigenvalue weighted by atomic mass is 9.92. The molecule has 1 heterocycles. The van der Waals surface area contributed by atoms with E-state index >= 15 is 0 Å². The molecule has 3 aromatic carbocycles. The van der Waals surface area contributed by atoms with Crippen molar-refractivity contribution >= 4 is 37.5 Å². The molecule has 5 heteroatoms. The molecule has 1 aromatic heterocycles. The zero-order chi connectivity index (χ0) is 20.4. The Morgan fingerprint density at radius 1 is 0.690 bits per heavy atom. The van der Waals surface area contributed by atoms with E-state index in [0.29, 0.717) is 22.6 Å². The van der Waals surface area contributed by atoms with E-state index < -0.39 is 0 Å². The van der Waals surface area contributed by atoms with Crippen molar-refractivity contribution in [3.63, 3.8) is 0 Å². The highest BCUT2D eigenvalue weighted by Gasteiger charge is 2.21. The maximum Gasteiger partial charge on any atom is 0.151 e. The first-order valence-electron chi connectivity index (χ1n) is 8.89. The number of anilines is 1. The van der Waals surface area contributed by atoms with Gasteiger partial charge >= 0.3 is 0 Å². The van der Waals surface area contributed by atoms with Crippen LogP contribution < -0.4 is 5.73 Å². The van der Waals surface area contributed by atoms with Gasteiger partial charge in [-0.1, -0.05) is 86.5 Å². The summed E-state index contributed by atoms with van der Waals surface area (Å²) in [4.78, 5) is 4.76. The molecule has 140 valence electrons. The van der Waals surface area contributed by atoms with Gasteiger partial charge in [-0.15, -0.1) is 0 Å². The third kappa shape index (κ3) is 3.82. The van der Waals surface area contributed by atoms with Crippen LogP contribution in [0.15, 0.2) is 87.8 Å². The standard InChI is InChI=1S/C24H15Br2N3/c25-18-10-6-15(7-11-18)21-20(14-27)29-24(17-4-2-1-3-5-17)22(23(21)28)16-8-12-19(26)13-9-16/h1-13H,(H2,28,29). The second kappa shape index (κ2) is 8.20. The van der Waals surface area contributed by atoms with E-state index in [4.69, 9.17) is 10.7 Å². The summed E-state index contributed by atoms with van der Waals surface area (Å²) in [5.74, 6) is 0. The molecule has 29 heavy (non-hydrogen) atoms. The normalized spacial score (nSPS) is 10.5. The number of nitrogen functional groups attached to an aromatic ring is 1. The number of nitrogens with zero attached hydrogens (tertiary/aromatic N) is 2. The Kier molecular flexibility index (Phi) is 5.48. The van der Waals surface area contributed by atoms with Crippen LogP contribution >= 0.6 is 31.9 Å². The van der Waals surface area contributed by atoms with E-state index in [-0.39, 0.29) is 0 Å². The van der Waals surface area contributed by atoms with Gasteiger partial charge in [0.25, 0.3) is 0 Å². The van der Waals surface area contributed by atoms with Gasteiger partial charge in [0.2, 0.25) is 0 Å². The number of aromatic nitrogens is 1. The lowest BCUT2D eigenvalue weighted by molar-refractivity contribution is 1.27. The Labute approximate surface area is 186 Å². The van der Waals surface area contributed by atoms with Gasteiger partial charge in [0.15, 0.2) is 5.69 Å². The maximum atomic E-state index is 9.84. The van der Waals surface area contributed by atoms with E-state index in [2.05, 4.69) is 37.9 Å². The van der Waals surface area contributed by atoms with E-state index in [1.165, 1.54) is 0 Å².